The summed E-state index contributed by atoms with van der Waals surface area (Å²) >= 11 is 0. The molecule has 0 aliphatic rings. The van der Waals surface area contributed by atoms with Crippen molar-refractivity contribution in [2.75, 3.05) is 6.54 Å². The fourth-order valence-corrected chi connectivity index (χ4v) is 1.90. The number of carboxylic acid groups (broad SMARTS) is 1. The third-order valence-corrected chi connectivity index (χ3v) is 3.09. The molecule has 1 N–H and O–H groups in total. The number of nitrogens with zero attached hydrogens (tertiary/aromatic N) is 2. The van der Waals surface area contributed by atoms with Crippen LogP contribution >= 0.6 is 0 Å². The molecule has 0 saturated carbocycles. The molecule has 0 amide bonds. The topological polar surface area (TPSA) is 114 Å². The van der Waals surface area contributed by atoms with Crippen LogP contribution in [0.5, 0.6) is 0 Å². The SMILES string of the molecule is N#[N+]c1ccc(S(=O)(=O)NCC(=O)[O-])cc1. The monoisotopic (exact) mass is 241 g/mol. The molecule has 0 radical (unpaired) electrons. The van der Waals surface area contributed by atoms with Crippen LogP contribution < -0.4 is 9.83 Å². The number of hydrogen-bond acceptors (Lipinski definition) is 5. The molecule has 1 rings (SSSR count). The van der Waals surface area contributed by atoms with Gasteiger partial charge in [0.25, 0.3) is 0 Å². The van der Waals surface area contributed by atoms with E-state index in [9.17, 15) is 18.3 Å². The number of hydrogen-bond donors (Lipinski definition) is 1. The van der Waals surface area contributed by atoms with Gasteiger partial charge < -0.3 is 9.90 Å². The average molecular weight is 241 g/mol. The summed E-state index contributed by atoms with van der Waals surface area (Å²) in [4.78, 5) is 12.8. The molecule has 0 heterocycles. The summed E-state index contributed by atoms with van der Waals surface area (Å²) in [5, 5.41) is 18.5. The summed E-state index contributed by atoms with van der Waals surface area (Å²) in [6.07, 6.45) is 0. The largest absolute Gasteiger partial charge is 0.549 e. The summed E-state index contributed by atoms with van der Waals surface area (Å²) in [6, 6.07) is 4.92. The fraction of sp³-hybridized carbons (Fsp3) is 0.125. The molecule has 0 atom stereocenters. The third-order valence-electron chi connectivity index (χ3n) is 1.67. The van der Waals surface area contributed by atoms with Crippen molar-refractivity contribution in [1.82, 2.24) is 4.72 Å². The van der Waals surface area contributed by atoms with E-state index in [4.69, 9.17) is 5.39 Å². The molecule has 0 aliphatic carbocycles. The second kappa shape index (κ2) is 4.69. The minimum atomic E-state index is -3.87. The molecule has 0 unspecified atom stereocenters. The fourth-order valence-electron chi connectivity index (χ4n) is 0.929. The van der Waals surface area contributed by atoms with Gasteiger partial charge >= 0.3 is 5.69 Å². The Kier molecular flexibility index (Phi) is 3.55. The Balaban J connectivity index is 2.91. The number of sulfonamides is 1. The third kappa shape index (κ3) is 3.01. The number of aliphatic carboxylic acids is 1. The number of carbonyl (C=O) groups is 1. The highest BCUT2D eigenvalue weighted by molar-refractivity contribution is 7.89. The van der Waals surface area contributed by atoms with E-state index in [1.54, 1.807) is 0 Å². The van der Waals surface area contributed by atoms with E-state index in [-0.39, 0.29) is 10.6 Å². The van der Waals surface area contributed by atoms with Crippen molar-refractivity contribution in [2.24, 2.45) is 0 Å². The quantitative estimate of drug-likeness (QED) is 0.693. The molecule has 8 heteroatoms. The number of carboxylic acids is 1. The Labute approximate surface area is 91.4 Å². The highest BCUT2D eigenvalue weighted by Crippen LogP contribution is 2.15. The minimum absolute atomic E-state index is 0.124. The Morgan fingerprint density at radius 3 is 2.38 bits per heavy atom. The van der Waals surface area contributed by atoms with Gasteiger partial charge in [-0.2, -0.15) is 0 Å². The van der Waals surface area contributed by atoms with Crippen LogP contribution in [-0.2, 0) is 14.8 Å². The lowest BCUT2D eigenvalue weighted by atomic mass is 10.3. The van der Waals surface area contributed by atoms with Gasteiger partial charge in [-0.25, -0.2) is 13.1 Å². The molecular formula is C8H7N3O4S. The average Bonchev–Trinajstić information content (AvgIpc) is 2.27. The molecule has 84 valence electrons. The van der Waals surface area contributed by atoms with Crippen molar-refractivity contribution in [3.63, 3.8) is 0 Å². The lowest BCUT2D eigenvalue weighted by Gasteiger charge is -2.06. The van der Waals surface area contributed by atoms with Crippen LogP contribution in [0.25, 0.3) is 4.98 Å². The zero-order valence-corrected chi connectivity index (χ0v) is 8.77. The zero-order chi connectivity index (χ0) is 12.2. The molecule has 7 nitrogen and oxygen atoms in total. The Morgan fingerprint density at radius 1 is 1.38 bits per heavy atom. The van der Waals surface area contributed by atoms with Gasteiger partial charge in [0.05, 0.1) is 17.4 Å². The second-order valence-electron chi connectivity index (χ2n) is 2.79. The van der Waals surface area contributed by atoms with Gasteiger partial charge in [-0.05, 0) is 12.1 Å². The Morgan fingerprint density at radius 2 is 1.94 bits per heavy atom. The summed E-state index contributed by atoms with van der Waals surface area (Å²) in [7, 11) is -3.87. The van der Waals surface area contributed by atoms with Crippen molar-refractivity contribution in [3.05, 3.63) is 29.2 Å². The molecule has 0 bridgehead atoms. The van der Waals surface area contributed by atoms with Crippen LogP contribution in [0.4, 0.5) is 5.69 Å². The first kappa shape index (κ1) is 12.1. The molecule has 16 heavy (non-hydrogen) atoms. The van der Waals surface area contributed by atoms with E-state index in [0.717, 1.165) is 0 Å². The summed E-state index contributed by atoms with van der Waals surface area (Å²) in [5.41, 5.74) is 0.193. The molecular weight excluding hydrogens is 234 g/mol. The molecule has 1 aromatic rings. The van der Waals surface area contributed by atoms with Gasteiger partial charge in [-0.3, -0.25) is 0 Å². The van der Waals surface area contributed by atoms with Gasteiger partial charge in [-0.15, -0.1) is 0 Å². The maximum atomic E-state index is 11.4. The smallest absolute Gasteiger partial charge is 0.385 e. The Hall–Kier alpha value is -1.98. The maximum absolute atomic E-state index is 11.4. The number of nitrogens with one attached hydrogen (secondary N) is 1. The van der Waals surface area contributed by atoms with Crippen molar-refractivity contribution in [2.45, 2.75) is 4.90 Å². The van der Waals surface area contributed by atoms with E-state index < -0.39 is 22.5 Å². The van der Waals surface area contributed by atoms with Crippen LogP contribution in [0.2, 0.25) is 0 Å². The Bertz CT molecular complexity index is 529. The van der Waals surface area contributed by atoms with Gasteiger partial charge in [0.15, 0.2) is 4.98 Å². The predicted molar refractivity (Wildman–Crippen MR) is 51.4 cm³/mol. The van der Waals surface area contributed by atoms with Crippen LogP contribution in [0.3, 0.4) is 0 Å². The highest BCUT2D eigenvalue weighted by Gasteiger charge is 2.15. The first-order valence-corrected chi connectivity index (χ1v) is 5.59. The van der Waals surface area contributed by atoms with E-state index in [0.29, 0.717) is 0 Å². The molecule has 0 saturated heterocycles. The highest BCUT2D eigenvalue weighted by atomic mass is 32.2. The minimum Gasteiger partial charge on any atom is -0.549 e. The number of rotatable bonds is 4. The summed E-state index contributed by atoms with van der Waals surface area (Å²) in [6.45, 7) is -0.797. The van der Waals surface area contributed by atoms with Crippen molar-refractivity contribution in [1.29, 1.82) is 5.39 Å². The van der Waals surface area contributed by atoms with Crippen LogP contribution in [0.1, 0.15) is 0 Å². The van der Waals surface area contributed by atoms with Gasteiger partial charge in [0, 0.05) is 12.1 Å². The van der Waals surface area contributed by atoms with E-state index in [1.165, 1.54) is 24.3 Å². The lowest BCUT2D eigenvalue weighted by Crippen LogP contribution is -2.37. The first-order chi connectivity index (χ1) is 7.45. The standard InChI is InChI=1S/C8H7N3O4S/c9-11-6-1-3-7(4-2-6)16(14,15)10-5-8(12)13/h1-4,10H,5H2. The van der Waals surface area contributed by atoms with Gasteiger partial charge in [-0.1, -0.05) is 0 Å². The van der Waals surface area contributed by atoms with Crippen LogP contribution in [0, 0.1) is 5.39 Å². The molecule has 1 aromatic carbocycles. The van der Waals surface area contributed by atoms with Crippen molar-refractivity contribution >= 4 is 21.7 Å². The van der Waals surface area contributed by atoms with E-state index in [2.05, 4.69) is 4.98 Å². The normalized spacial score (nSPS) is 10.7. The van der Waals surface area contributed by atoms with Crippen molar-refractivity contribution < 1.29 is 18.3 Å². The summed E-state index contributed by atoms with van der Waals surface area (Å²) in [5.74, 6) is -1.52. The van der Waals surface area contributed by atoms with E-state index in [1.807, 2.05) is 4.72 Å². The van der Waals surface area contributed by atoms with Crippen LogP contribution in [-0.4, -0.2) is 20.9 Å². The predicted octanol–water partition coefficient (Wildman–Crippen LogP) is -0.801. The van der Waals surface area contributed by atoms with E-state index >= 15 is 0 Å². The molecule has 0 aliphatic heterocycles. The van der Waals surface area contributed by atoms with Crippen LogP contribution in [0.15, 0.2) is 29.2 Å². The summed E-state index contributed by atoms with van der Waals surface area (Å²) < 4.78 is 24.7. The zero-order valence-electron chi connectivity index (χ0n) is 7.95. The molecule has 0 spiro atoms. The van der Waals surface area contributed by atoms with Gasteiger partial charge in [0.1, 0.15) is 0 Å². The number of benzene rings is 1. The maximum Gasteiger partial charge on any atom is 0.385 e. The van der Waals surface area contributed by atoms with Gasteiger partial charge in [0.2, 0.25) is 15.4 Å². The second-order valence-corrected chi connectivity index (χ2v) is 4.56. The molecule has 0 aromatic heterocycles. The molecule has 0 fully saturated rings. The lowest BCUT2D eigenvalue weighted by molar-refractivity contribution is -0.303. The first-order valence-electron chi connectivity index (χ1n) is 4.10. The number of carbonyl (C=O) groups excluding carboxylic acids is 1. The van der Waals surface area contributed by atoms with Crippen molar-refractivity contribution in [3.8, 4) is 0 Å². The number of diazo groups is 1.